The third-order valence-electron chi connectivity index (χ3n) is 4.33. The van der Waals surface area contributed by atoms with E-state index in [9.17, 15) is 4.79 Å². The van der Waals surface area contributed by atoms with Crippen LogP contribution in [0.1, 0.15) is 51.9 Å². The zero-order valence-electron chi connectivity index (χ0n) is 11.0. The Hall–Kier alpha value is -0.570. The van der Waals surface area contributed by atoms with Gasteiger partial charge in [-0.25, -0.2) is 0 Å². The van der Waals surface area contributed by atoms with Gasteiger partial charge in [0.05, 0.1) is 0 Å². The van der Waals surface area contributed by atoms with E-state index >= 15 is 0 Å². The van der Waals surface area contributed by atoms with Crippen molar-refractivity contribution in [2.45, 2.75) is 57.9 Å². The maximum absolute atomic E-state index is 12.4. The number of carbonyl (C=O) groups excluding carboxylic acids is 1. The molecule has 1 amide bonds. The Morgan fingerprint density at radius 1 is 1.29 bits per heavy atom. The molecular formula is C14H26N2O. The molecule has 0 radical (unpaired) electrons. The van der Waals surface area contributed by atoms with E-state index in [4.69, 9.17) is 5.73 Å². The van der Waals surface area contributed by atoms with Crippen LogP contribution in [0.4, 0.5) is 0 Å². The second-order valence-corrected chi connectivity index (χ2v) is 5.79. The average Bonchev–Trinajstić information content (AvgIpc) is 3.08. The van der Waals surface area contributed by atoms with Crippen LogP contribution in [0.2, 0.25) is 0 Å². The van der Waals surface area contributed by atoms with Crippen LogP contribution in [0.15, 0.2) is 0 Å². The molecule has 0 aliphatic heterocycles. The Kier molecular flexibility index (Phi) is 4.43. The zero-order chi connectivity index (χ0) is 12.3. The lowest BCUT2D eigenvalue weighted by Gasteiger charge is -2.34. The first kappa shape index (κ1) is 12.9. The molecule has 0 aromatic heterocycles. The lowest BCUT2D eigenvalue weighted by atomic mass is 9.93. The van der Waals surface area contributed by atoms with Gasteiger partial charge in [0.1, 0.15) is 0 Å². The molecule has 2 atom stereocenters. The van der Waals surface area contributed by atoms with Gasteiger partial charge in [-0.15, -0.1) is 0 Å². The quantitative estimate of drug-likeness (QED) is 0.797. The van der Waals surface area contributed by atoms with Crippen LogP contribution in [0.5, 0.6) is 0 Å². The van der Waals surface area contributed by atoms with Crippen molar-refractivity contribution in [1.82, 2.24) is 4.90 Å². The molecule has 2 aliphatic rings. The molecule has 0 bridgehead atoms. The van der Waals surface area contributed by atoms with E-state index in [1.165, 1.54) is 32.1 Å². The summed E-state index contributed by atoms with van der Waals surface area (Å²) in [5.74, 6) is 1.36. The molecule has 0 aromatic carbocycles. The fraction of sp³-hybridized carbons (Fsp3) is 0.929. The maximum Gasteiger partial charge on any atom is 0.226 e. The van der Waals surface area contributed by atoms with Crippen LogP contribution in [0, 0.1) is 11.8 Å². The van der Waals surface area contributed by atoms with Crippen LogP contribution < -0.4 is 5.73 Å². The predicted molar refractivity (Wildman–Crippen MR) is 69.5 cm³/mol. The summed E-state index contributed by atoms with van der Waals surface area (Å²) in [5, 5.41) is 0. The summed E-state index contributed by atoms with van der Waals surface area (Å²) in [5.41, 5.74) is 5.59. The van der Waals surface area contributed by atoms with Crippen molar-refractivity contribution in [1.29, 1.82) is 0 Å². The van der Waals surface area contributed by atoms with Crippen LogP contribution in [0.25, 0.3) is 0 Å². The topological polar surface area (TPSA) is 46.3 Å². The number of hydrogen-bond donors (Lipinski definition) is 1. The number of nitrogens with zero attached hydrogens (tertiary/aromatic N) is 1. The Bertz CT molecular complexity index is 261. The van der Waals surface area contributed by atoms with E-state index in [2.05, 4.69) is 11.8 Å². The van der Waals surface area contributed by atoms with Gasteiger partial charge in [-0.3, -0.25) is 4.79 Å². The molecule has 3 heteroatoms. The molecular weight excluding hydrogens is 212 g/mol. The summed E-state index contributed by atoms with van der Waals surface area (Å²) in [4.78, 5) is 14.6. The van der Waals surface area contributed by atoms with Crippen LogP contribution in [-0.4, -0.2) is 29.9 Å². The molecule has 2 aliphatic carbocycles. The van der Waals surface area contributed by atoms with Gasteiger partial charge in [0.15, 0.2) is 0 Å². The van der Waals surface area contributed by atoms with E-state index in [0.717, 1.165) is 19.4 Å². The third-order valence-corrected chi connectivity index (χ3v) is 4.33. The summed E-state index contributed by atoms with van der Waals surface area (Å²) in [6.45, 7) is 3.75. The molecule has 0 spiro atoms. The number of amides is 1. The lowest BCUT2D eigenvalue weighted by molar-refractivity contribution is -0.136. The van der Waals surface area contributed by atoms with E-state index in [-0.39, 0.29) is 0 Å². The first-order chi connectivity index (χ1) is 8.24. The molecule has 0 aromatic rings. The third kappa shape index (κ3) is 3.21. The molecule has 2 N–H and O–H groups in total. The van der Waals surface area contributed by atoms with Crippen LogP contribution in [0.3, 0.4) is 0 Å². The number of nitrogens with two attached hydrogens (primary N) is 1. The molecule has 2 fully saturated rings. The van der Waals surface area contributed by atoms with E-state index in [1.807, 2.05) is 0 Å². The van der Waals surface area contributed by atoms with Gasteiger partial charge in [0.2, 0.25) is 5.91 Å². The molecule has 2 rings (SSSR count). The number of hydrogen-bond acceptors (Lipinski definition) is 2. The van der Waals surface area contributed by atoms with Crippen molar-refractivity contribution < 1.29 is 4.79 Å². The minimum Gasteiger partial charge on any atom is -0.339 e. The number of rotatable bonds is 5. The monoisotopic (exact) mass is 238 g/mol. The summed E-state index contributed by atoms with van der Waals surface area (Å²) in [6, 6.07) is 0.510. The first-order valence-corrected chi connectivity index (χ1v) is 7.24. The minimum atomic E-state index is 0.328. The number of carbonyl (C=O) groups is 1. The van der Waals surface area contributed by atoms with Gasteiger partial charge in [0, 0.05) is 18.5 Å². The minimum absolute atomic E-state index is 0.328. The molecule has 17 heavy (non-hydrogen) atoms. The second-order valence-electron chi connectivity index (χ2n) is 5.79. The van der Waals surface area contributed by atoms with Crippen molar-refractivity contribution in [2.75, 3.05) is 13.1 Å². The smallest absolute Gasteiger partial charge is 0.226 e. The van der Waals surface area contributed by atoms with E-state index < -0.39 is 0 Å². The Balaban J connectivity index is 1.93. The fourth-order valence-electron chi connectivity index (χ4n) is 3.01. The normalized spacial score (nSPS) is 29.1. The molecule has 0 saturated heterocycles. The first-order valence-electron chi connectivity index (χ1n) is 7.24. The van der Waals surface area contributed by atoms with Crippen LogP contribution >= 0.6 is 0 Å². The highest BCUT2D eigenvalue weighted by Gasteiger charge is 2.42. The molecule has 0 heterocycles. The summed E-state index contributed by atoms with van der Waals surface area (Å²) in [6.07, 6.45) is 8.38. The van der Waals surface area contributed by atoms with Crippen molar-refractivity contribution in [3.8, 4) is 0 Å². The summed E-state index contributed by atoms with van der Waals surface area (Å²) in [7, 11) is 0. The second kappa shape index (κ2) is 5.85. The SMILES string of the molecule is CC1CC1C(=O)N(CCCN)C1CCCCC1. The molecule has 98 valence electrons. The highest BCUT2D eigenvalue weighted by atomic mass is 16.2. The van der Waals surface area contributed by atoms with Crippen molar-refractivity contribution in [2.24, 2.45) is 17.6 Å². The highest BCUT2D eigenvalue weighted by molar-refractivity contribution is 5.81. The van der Waals surface area contributed by atoms with Crippen LogP contribution in [-0.2, 0) is 4.79 Å². The molecule has 3 nitrogen and oxygen atoms in total. The van der Waals surface area contributed by atoms with Crippen molar-refractivity contribution >= 4 is 5.91 Å². The molecule has 2 unspecified atom stereocenters. The summed E-state index contributed by atoms with van der Waals surface area (Å²) < 4.78 is 0. The highest BCUT2D eigenvalue weighted by Crippen LogP contribution is 2.40. The van der Waals surface area contributed by atoms with Gasteiger partial charge in [-0.1, -0.05) is 26.2 Å². The fourth-order valence-corrected chi connectivity index (χ4v) is 3.01. The Morgan fingerprint density at radius 2 is 1.94 bits per heavy atom. The largest absolute Gasteiger partial charge is 0.339 e. The van der Waals surface area contributed by atoms with Gasteiger partial charge in [0.25, 0.3) is 0 Å². The lowest BCUT2D eigenvalue weighted by Crippen LogP contribution is -2.43. The standard InChI is InChI=1S/C14H26N2O/c1-11-10-13(11)14(17)16(9-5-8-15)12-6-3-2-4-7-12/h11-13H,2-10,15H2,1H3. The molecule has 2 saturated carbocycles. The van der Waals surface area contributed by atoms with Gasteiger partial charge < -0.3 is 10.6 Å². The van der Waals surface area contributed by atoms with Crippen molar-refractivity contribution in [3.05, 3.63) is 0 Å². The van der Waals surface area contributed by atoms with Gasteiger partial charge in [-0.2, -0.15) is 0 Å². The van der Waals surface area contributed by atoms with Gasteiger partial charge in [-0.05, 0) is 38.1 Å². The maximum atomic E-state index is 12.4. The predicted octanol–water partition coefficient (Wildman–Crippen LogP) is 2.15. The van der Waals surface area contributed by atoms with Gasteiger partial charge >= 0.3 is 0 Å². The Labute approximate surface area is 105 Å². The Morgan fingerprint density at radius 3 is 2.47 bits per heavy atom. The van der Waals surface area contributed by atoms with E-state index in [1.54, 1.807) is 0 Å². The average molecular weight is 238 g/mol. The summed E-state index contributed by atoms with van der Waals surface area (Å²) >= 11 is 0. The van der Waals surface area contributed by atoms with Crippen molar-refractivity contribution in [3.63, 3.8) is 0 Å². The van der Waals surface area contributed by atoms with E-state index in [0.29, 0.717) is 30.3 Å². The zero-order valence-corrected chi connectivity index (χ0v) is 11.0.